The lowest BCUT2D eigenvalue weighted by molar-refractivity contribution is -0.139. The van der Waals surface area contributed by atoms with Gasteiger partial charge >= 0.3 is 6.18 Å². The first kappa shape index (κ1) is 18.3. The standard InChI is InChI=1S/C17H15Cl2F3N2O/c18-12-1-2-15(14(6-12)17(20,21)22)25-16(10-3-4-23-7-10)11-5-13(19)9-24-8-11/h1-2,5-6,8-10,16,23H,3-4,7H2/t10?,16-/m0/s1. The molecule has 1 aliphatic heterocycles. The summed E-state index contributed by atoms with van der Waals surface area (Å²) in [6, 6.07) is 5.17. The van der Waals surface area contributed by atoms with Gasteiger partial charge in [0.2, 0.25) is 0 Å². The highest BCUT2D eigenvalue weighted by molar-refractivity contribution is 6.30. The van der Waals surface area contributed by atoms with E-state index >= 15 is 0 Å². The second-order valence-electron chi connectivity index (χ2n) is 5.87. The average molecular weight is 391 g/mol. The molecule has 134 valence electrons. The van der Waals surface area contributed by atoms with Gasteiger partial charge in [-0.05, 0) is 37.2 Å². The number of nitrogens with zero attached hydrogens (tertiary/aromatic N) is 1. The molecule has 0 aliphatic carbocycles. The Labute approximate surface area is 153 Å². The van der Waals surface area contributed by atoms with E-state index in [9.17, 15) is 13.2 Å². The molecule has 25 heavy (non-hydrogen) atoms. The topological polar surface area (TPSA) is 34.1 Å². The van der Waals surface area contributed by atoms with Crippen LogP contribution in [0.3, 0.4) is 0 Å². The van der Waals surface area contributed by atoms with Crippen molar-refractivity contribution in [1.29, 1.82) is 0 Å². The quantitative estimate of drug-likeness (QED) is 0.784. The molecule has 1 fully saturated rings. The Hall–Kier alpha value is -1.50. The molecule has 0 bridgehead atoms. The van der Waals surface area contributed by atoms with Gasteiger partial charge in [0.1, 0.15) is 11.9 Å². The summed E-state index contributed by atoms with van der Waals surface area (Å²) in [5.74, 6) is -0.245. The lowest BCUT2D eigenvalue weighted by Crippen LogP contribution is -2.22. The van der Waals surface area contributed by atoms with E-state index in [1.165, 1.54) is 18.3 Å². The Morgan fingerprint density at radius 2 is 1.96 bits per heavy atom. The van der Waals surface area contributed by atoms with E-state index in [0.717, 1.165) is 19.0 Å². The first-order chi connectivity index (χ1) is 11.8. The number of alkyl halides is 3. The summed E-state index contributed by atoms with van der Waals surface area (Å²) in [6.07, 6.45) is -1.34. The van der Waals surface area contributed by atoms with Crippen molar-refractivity contribution in [2.45, 2.75) is 18.7 Å². The Kier molecular flexibility index (Phi) is 5.41. The number of aromatic nitrogens is 1. The van der Waals surface area contributed by atoms with Gasteiger partial charge in [-0.15, -0.1) is 0 Å². The molecule has 0 saturated carbocycles. The maximum Gasteiger partial charge on any atom is 0.420 e. The van der Waals surface area contributed by atoms with Crippen LogP contribution in [0.15, 0.2) is 36.7 Å². The van der Waals surface area contributed by atoms with Gasteiger partial charge in [-0.3, -0.25) is 4.98 Å². The minimum absolute atomic E-state index is 0.00294. The van der Waals surface area contributed by atoms with Crippen molar-refractivity contribution >= 4 is 23.2 Å². The van der Waals surface area contributed by atoms with E-state index in [0.29, 0.717) is 17.1 Å². The van der Waals surface area contributed by atoms with Crippen molar-refractivity contribution < 1.29 is 17.9 Å². The molecular formula is C17H15Cl2F3N2O. The molecule has 0 amide bonds. The molecule has 3 nitrogen and oxygen atoms in total. The lowest BCUT2D eigenvalue weighted by atomic mass is 9.95. The number of nitrogens with one attached hydrogen (secondary N) is 1. The normalized spacial score (nSPS) is 19.0. The Bertz CT molecular complexity index is 749. The second-order valence-corrected chi connectivity index (χ2v) is 6.74. The third-order valence-corrected chi connectivity index (χ3v) is 4.52. The van der Waals surface area contributed by atoms with Crippen molar-refractivity contribution in [2.24, 2.45) is 5.92 Å². The molecule has 2 atom stereocenters. The van der Waals surface area contributed by atoms with Gasteiger partial charge in [0, 0.05) is 35.4 Å². The van der Waals surface area contributed by atoms with Crippen molar-refractivity contribution in [1.82, 2.24) is 10.3 Å². The average Bonchev–Trinajstić information content (AvgIpc) is 3.07. The Morgan fingerprint density at radius 3 is 2.60 bits per heavy atom. The predicted octanol–water partition coefficient (Wildman–Crippen LogP) is 5.14. The third kappa shape index (κ3) is 4.37. The fourth-order valence-electron chi connectivity index (χ4n) is 2.92. The van der Waals surface area contributed by atoms with Gasteiger partial charge in [-0.2, -0.15) is 13.2 Å². The molecule has 8 heteroatoms. The molecule has 2 aromatic rings. The van der Waals surface area contributed by atoms with Gasteiger partial charge in [0.15, 0.2) is 0 Å². The van der Waals surface area contributed by atoms with E-state index in [-0.39, 0.29) is 16.7 Å². The maximum atomic E-state index is 13.3. The SMILES string of the molecule is FC(F)(F)c1cc(Cl)ccc1O[C@H](c1cncc(Cl)c1)C1CCNC1. The number of ether oxygens (including phenoxy) is 1. The van der Waals surface area contributed by atoms with Gasteiger partial charge in [-0.1, -0.05) is 23.2 Å². The highest BCUT2D eigenvalue weighted by Gasteiger charge is 2.37. The highest BCUT2D eigenvalue weighted by atomic mass is 35.5. The second kappa shape index (κ2) is 7.40. The monoisotopic (exact) mass is 390 g/mol. The van der Waals surface area contributed by atoms with Crippen molar-refractivity contribution in [3.63, 3.8) is 0 Å². The van der Waals surface area contributed by atoms with Crippen LogP contribution in [0.5, 0.6) is 5.75 Å². The summed E-state index contributed by atoms with van der Waals surface area (Å²) < 4.78 is 45.8. The summed E-state index contributed by atoms with van der Waals surface area (Å²) in [7, 11) is 0. The van der Waals surface area contributed by atoms with Gasteiger partial charge in [0.05, 0.1) is 10.6 Å². The number of pyridine rings is 1. The van der Waals surface area contributed by atoms with E-state index < -0.39 is 17.8 Å². The number of halogens is 5. The highest BCUT2D eigenvalue weighted by Crippen LogP contribution is 2.41. The molecule has 2 heterocycles. The number of rotatable bonds is 4. The van der Waals surface area contributed by atoms with Gasteiger partial charge in [0.25, 0.3) is 0 Å². The molecule has 0 spiro atoms. The van der Waals surface area contributed by atoms with Crippen LogP contribution < -0.4 is 10.1 Å². The zero-order valence-electron chi connectivity index (χ0n) is 13.0. The van der Waals surface area contributed by atoms with E-state index in [2.05, 4.69) is 10.3 Å². The number of hydrogen-bond acceptors (Lipinski definition) is 3. The summed E-state index contributed by atoms with van der Waals surface area (Å²) in [5, 5.41) is 3.61. The number of hydrogen-bond donors (Lipinski definition) is 1. The molecular weight excluding hydrogens is 376 g/mol. The van der Waals surface area contributed by atoms with Crippen LogP contribution in [-0.2, 0) is 6.18 Å². The van der Waals surface area contributed by atoms with Crippen molar-refractivity contribution in [3.05, 3.63) is 57.8 Å². The molecule has 0 radical (unpaired) electrons. The molecule has 1 aromatic heterocycles. The van der Waals surface area contributed by atoms with Crippen LogP contribution in [0.25, 0.3) is 0 Å². The molecule has 3 rings (SSSR count). The minimum atomic E-state index is -4.56. The molecule has 1 saturated heterocycles. The van der Waals surface area contributed by atoms with E-state index in [4.69, 9.17) is 27.9 Å². The lowest BCUT2D eigenvalue weighted by Gasteiger charge is -2.26. The molecule has 1 unspecified atom stereocenters. The summed E-state index contributed by atoms with van der Waals surface area (Å²) in [6.45, 7) is 1.43. The van der Waals surface area contributed by atoms with E-state index in [1.807, 2.05) is 0 Å². The first-order valence-electron chi connectivity index (χ1n) is 7.69. The van der Waals surface area contributed by atoms with Crippen LogP contribution in [0.4, 0.5) is 13.2 Å². The Morgan fingerprint density at radius 1 is 1.16 bits per heavy atom. The molecule has 1 aliphatic rings. The van der Waals surface area contributed by atoms with Crippen LogP contribution in [0.1, 0.15) is 23.7 Å². The largest absolute Gasteiger partial charge is 0.485 e. The van der Waals surface area contributed by atoms with Crippen LogP contribution in [0, 0.1) is 5.92 Å². The summed E-state index contributed by atoms with van der Waals surface area (Å²) in [5.41, 5.74) is -0.254. The minimum Gasteiger partial charge on any atom is -0.485 e. The summed E-state index contributed by atoms with van der Waals surface area (Å²) in [4.78, 5) is 4.03. The van der Waals surface area contributed by atoms with Crippen molar-refractivity contribution in [2.75, 3.05) is 13.1 Å². The summed E-state index contributed by atoms with van der Waals surface area (Å²) >= 11 is 11.7. The predicted molar refractivity (Wildman–Crippen MR) is 90.0 cm³/mol. The van der Waals surface area contributed by atoms with Crippen LogP contribution >= 0.6 is 23.2 Å². The van der Waals surface area contributed by atoms with Gasteiger partial charge in [-0.25, -0.2) is 0 Å². The Balaban J connectivity index is 1.99. The maximum absolute atomic E-state index is 13.3. The molecule has 1 N–H and O–H groups in total. The van der Waals surface area contributed by atoms with E-state index in [1.54, 1.807) is 12.3 Å². The number of benzene rings is 1. The zero-order chi connectivity index (χ0) is 18.0. The molecule has 1 aromatic carbocycles. The van der Waals surface area contributed by atoms with Crippen molar-refractivity contribution in [3.8, 4) is 5.75 Å². The van der Waals surface area contributed by atoms with Gasteiger partial charge < -0.3 is 10.1 Å². The van der Waals surface area contributed by atoms with Crippen LogP contribution in [0.2, 0.25) is 10.0 Å². The van der Waals surface area contributed by atoms with Crippen LogP contribution in [-0.4, -0.2) is 18.1 Å². The third-order valence-electron chi connectivity index (χ3n) is 4.08. The zero-order valence-corrected chi connectivity index (χ0v) is 14.5. The fourth-order valence-corrected chi connectivity index (χ4v) is 3.27. The fraction of sp³-hybridized carbons (Fsp3) is 0.353. The first-order valence-corrected chi connectivity index (χ1v) is 8.45. The smallest absolute Gasteiger partial charge is 0.420 e.